The number of aliphatic hydroxyl groups is 3. The van der Waals surface area contributed by atoms with E-state index in [4.69, 9.17) is 4.98 Å². The summed E-state index contributed by atoms with van der Waals surface area (Å²) < 4.78 is 0. The quantitative estimate of drug-likeness (QED) is 0.344. The number of nitrogens with one attached hydrogen (secondary N) is 2. The Morgan fingerprint density at radius 3 is 2.72 bits per heavy atom. The van der Waals surface area contributed by atoms with Crippen LogP contribution in [0.4, 0.5) is 10.8 Å². The number of anilines is 2. The van der Waals surface area contributed by atoms with E-state index in [2.05, 4.69) is 36.4 Å². The number of thiazole rings is 1. The van der Waals surface area contributed by atoms with E-state index >= 15 is 0 Å². The maximum Gasteiger partial charge on any atom is 0.220 e. The molecule has 0 saturated heterocycles. The molecular formula is C27H40N4O4S. The van der Waals surface area contributed by atoms with E-state index in [0.717, 1.165) is 27.8 Å². The third-order valence-corrected chi connectivity index (χ3v) is 9.55. The summed E-state index contributed by atoms with van der Waals surface area (Å²) in [5.74, 6) is 0.0956. The molecule has 2 aliphatic carbocycles. The van der Waals surface area contributed by atoms with E-state index in [-0.39, 0.29) is 48.8 Å². The van der Waals surface area contributed by atoms with E-state index in [0.29, 0.717) is 25.2 Å². The largest absolute Gasteiger partial charge is 0.396 e. The summed E-state index contributed by atoms with van der Waals surface area (Å²) in [7, 11) is 0. The number of carbonyl (C=O) groups excluding carboxylic acids is 1. The lowest BCUT2D eigenvalue weighted by atomic mass is 9.47. The van der Waals surface area contributed by atoms with Gasteiger partial charge in [-0.2, -0.15) is 0 Å². The van der Waals surface area contributed by atoms with Gasteiger partial charge in [-0.15, -0.1) is 11.3 Å². The molecular weight excluding hydrogens is 476 g/mol. The molecule has 9 heteroatoms. The molecule has 0 bridgehead atoms. The number of hydrogen-bond acceptors (Lipinski definition) is 8. The van der Waals surface area contributed by atoms with Crippen LogP contribution in [0.3, 0.4) is 0 Å². The van der Waals surface area contributed by atoms with Crippen molar-refractivity contribution in [2.24, 2.45) is 22.7 Å². The minimum Gasteiger partial charge on any atom is -0.396 e. The Morgan fingerprint density at radius 1 is 1.31 bits per heavy atom. The van der Waals surface area contributed by atoms with Crippen molar-refractivity contribution in [3.05, 3.63) is 35.1 Å². The van der Waals surface area contributed by atoms with Gasteiger partial charge in [0, 0.05) is 28.8 Å². The molecule has 0 aliphatic heterocycles. The molecule has 36 heavy (non-hydrogen) atoms. The highest BCUT2D eigenvalue weighted by Gasteiger charge is 2.59. The normalized spacial score (nSPS) is 30.4. The Morgan fingerprint density at radius 2 is 2.08 bits per heavy atom. The molecule has 0 radical (unpaired) electrons. The number of pyridine rings is 1. The summed E-state index contributed by atoms with van der Waals surface area (Å²) in [6, 6.07) is 3.52. The lowest BCUT2D eigenvalue weighted by molar-refractivity contribution is -0.144. The van der Waals surface area contributed by atoms with Gasteiger partial charge in [0.2, 0.25) is 5.91 Å². The summed E-state index contributed by atoms with van der Waals surface area (Å²) in [4.78, 5) is 23.6. The number of aromatic nitrogens is 2. The van der Waals surface area contributed by atoms with Gasteiger partial charge in [0.15, 0.2) is 5.13 Å². The first-order valence-electron chi connectivity index (χ1n) is 13.0. The van der Waals surface area contributed by atoms with Crippen LogP contribution in [-0.2, 0) is 11.2 Å². The SMILES string of the molecule is CC(C)CC(CO)NC(=O)CC1c2nc(Nc3cccnc3)sc2CC2C(C)(CO)C(O)CCC12C. The molecule has 2 aliphatic rings. The molecule has 1 amide bonds. The predicted molar refractivity (Wildman–Crippen MR) is 141 cm³/mol. The molecule has 198 valence electrons. The fraction of sp³-hybridized carbons (Fsp3) is 0.667. The zero-order chi connectivity index (χ0) is 26.1. The van der Waals surface area contributed by atoms with Crippen LogP contribution in [-0.4, -0.2) is 56.6 Å². The smallest absolute Gasteiger partial charge is 0.220 e. The number of aliphatic hydroxyl groups excluding tert-OH is 3. The summed E-state index contributed by atoms with van der Waals surface area (Å²) >= 11 is 1.57. The third-order valence-electron chi connectivity index (χ3n) is 8.54. The molecule has 1 saturated carbocycles. The van der Waals surface area contributed by atoms with Gasteiger partial charge in [0.1, 0.15) is 0 Å². The second-order valence-electron chi connectivity index (χ2n) is 11.5. The van der Waals surface area contributed by atoms with Crippen LogP contribution in [0, 0.1) is 22.7 Å². The summed E-state index contributed by atoms with van der Waals surface area (Å²) in [5, 5.41) is 38.3. The molecule has 4 rings (SSSR count). The summed E-state index contributed by atoms with van der Waals surface area (Å²) in [5.41, 5.74) is 0.803. The van der Waals surface area contributed by atoms with Crippen molar-refractivity contribution in [3.8, 4) is 0 Å². The summed E-state index contributed by atoms with van der Waals surface area (Å²) in [6.07, 6.45) is 5.87. The lowest BCUT2D eigenvalue weighted by Crippen LogP contribution is -2.58. The van der Waals surface area contributed by atoms with Crippen molar-refractivity contribution >= 4 is 28.1 Å². The number of hydrogen-bond donors (Lipinski definition) is 5. The summed E-state index contributed by atoms with van der Waals surface area (Å²) in [6.45, 7) is 8.12. The minimum atomic E-state index is -0.661. The van der Waals surface area contributed by atoms with Gasteiger partial charge in [0.05, 0.1) is 42.9 Å². The minimum absolute atomic E-state index is 0.0000414. The number of amides is 1. The maximum absolute atomic E-state index is 13.3. The van der Waals surface area contributed by atoms with Crippen molar-refractivity contribution in [1.29, 1.82) is 0 Å². The van der Waals surface area contributed by atoms with Gasteiger partial charge in [-0.3, -0.25) is 9.78 Å². The van der Waals surface area contributed by atoms with Crippen LogP contribution < -0.4 is 10.6 Å². The zero-order valence-corrected chi connectivity index (χ0v) is 22.5. The molecule has 5 N–H and O–H groups in total. The van der Waals surface area contributed by atoms with Crippen molar-refractivity contribution < 1.29 is 20.1 Å². The second-order valence-corrected chi connectivity index (χ2v) is 12.6. The number of carbonyl (C=O) groups is 1. The van der Waals surface area contributed by atoms with Crippen LogP contribution in [0.1, 0.15) is 69.9 Å². The van der Waals surface area contributed by atoms with Crippen LogP contribution in [0.2, 0.25) is 0 Å². The zero-order valence-electron chi connectivity index (χ0n) is 21.7. The van der Waals surface area contributed by atoms with Crippen LogP contribution in [0.15, 0.2) is 24.5 Å². The van der Waals surface area contributed by atoms with Crippen LogP contribution in [0.5, 0.6) is 0 Å². The fourth-order valence-electron chi connectivity index (χ4n) is 6.48. The molecule has 1 fully saturated rings. The maximum atomic E-state index is 13.3. The highest BCUT2D eigenvalue weighted by atomic mass is 32.1. The van der Waals surface area contributed by atoms with Crippen molar-refractivity contribution in [2.75, 3.05) is 18.5 Å². The Hall–Kier alpha value is -2.07. The van der Waals surface area contributed by atoms with E-state index in [9.17, 15) is 20.1 Å². The van der Waals surface area contributed by atoms with Crippen molar-refractivity contribution in [2.45, 2.75) is 77.9 Å². The predicted octanol–water partition coefficient (Wildman–Crippen LogP) is 3.61. The highest BCUT2D eigenvalue weighted by Crippen LogP contribution is 2.62. The van der Waals surface area contributed by atoms with Crippen molar-refractivity contribution in [1.82, 2.24) is 15.3 Å². The number of rotatable bonds is 9. The Labute approximate surface area is 217 Å². The van der Waals surface area contributed by atoms with Gasteiger partial charge < -0.3 is 26.0 Å². The first kappa shape index (κ1) is 27.0. The van der Waals surface area contributed by atoms with Gasteiger partial charge in [0.25, 0.3) is 0 Å². The first-order valence-corrected chi connectivity index (χ1v) is 13.8. The van der Waals surface area contributed by atoms with E-state index < -0.39 is 11.5 Å². The molecule has 0 aromatic carbocycles. The van der Waals surface area contributed by atoms with Gasteiger partial charge in [-0.25, -0.2) is 4.98 Å². The van der Waals surface area contributed by atoms with Crippen LogP contribution >= 0.6 is 11.3 Å². The topological polar surface area (TPSA) is 128 Å². The van der Waals surface area contributed by atoms with Gasteiger partial charge in [-0.05, 0) is 55.1 Å². The molecule has 2 aromatic rings. The highest BCUT2D eigenvalue weighted by molar-refractivity contribution is 7.15. The second kappa shape index (κ2) is 10.7. The van der Waals surface area contributed by atoms with E-state index in [1.165, 1.54) is 0 Å². The lowest BCUT2D eigenvalue weighted by Gasteiger charge is -2.58. The van der Waals surface area contributed by atoms with Crippen LogP contribution in [0.25, 0.3) is 0 Å². The molecule has 2 aromatic heterocycles. The standard InChI is InChI=1S/C27H40N4O4S/c1-16(2)10-18(14-32)29-23(35)11-19-24-20(36-25(31-24)30-17-6-5-9-28-13-17)12-21-26(19,3)8-7-22(34)27(21,4)15-33/h5-6,9,13,16,18-19,21-22,32-34H,7-8,10-12,14-15H2,1-4H3,(H,29,35)(H,30,31). The van der Waals surface area contributed by atoms with Gasteiger partial charge in [-0.1, -0.05) is 27.7 Å². The number of nitrogens with zero attached hydrogens (tertiary/aromatic N) is 2. The molecule has 8 nitrogen and oxygen atoms in total. The average molecular weight is 517 g/mol. The van der Waals surface area contributed by atoms with E-state index in [1.54, 1.807) is 23.7 Å². The molecule has 6 unspecified atom stereocenters. The number of fused-ring (bicyclic) bond motifs is 2. The third kappa shape index (κ3) is 5.16. The van der Waals surface area contributed by atoms with Gasteiger partial charge >= 0.3 is 0 Å². The first-order chi connectivity index (χ1) is 17.1. The molecule has 6 atom stereocenters. The van der Waals surface area contributed by atoms with E-state index in [1.807, 2.05) is 19.1 Å². The fourth-order valence-corrected chi connectivity index (χ4v) is 7.57. The molecule has 2 heterocycles. The Balaban J connectivity index is 1.68. The Bertz CT molecular complexity index is 1050. The van der Waals surface area contributed by atoms with Crippen molar-refractivity contribution in [3.63, 3.8) is 0 Å². The monoisotopic (exact) mass is 516 g/mol. The Kier molecular flexibility index (Phi) is 8.04. The molecule has 0 spiro atoms. The average Bonchev–Trinajstić information content (AvgIpc) is 3.25.